The molecule has 2 rings (SSSR count). The largest absolute Gasteiger partial charge is 0.392 e. The van der Waals surface area contributed by atoms with E-state index in [1.165, 1.54) is 6.39 Å². The number of amides is 1. The molecule has 0 aromatic carbocycles. The number of aromatic nitrogens is 2. The lowest BCUT2D eigenvalue weighted by Crippen LogP contribution is -2.40. The van der Waals surface area contributed by atoms with Gasteiger partial charge >= 0.3 is 0 Å². The Hall–Kier alpha value is -1.47. The number of nitrogens with one attached hydrogen (secondary N) is 2. The zero-order valence-corrected chi connectivity index (χ0v) is 8.01. The Morgan fingerprint density at radius 1 is 1.80 bits per heavy atom. The Bertz CT molecular complexity index is 327. The van der Waals surface area contributed by atoms with Crippen molar-refractivity contribution in [1.29, 1.82) is 0 Å². The van der Waals surface area contributed by atoms with Gasteiger partial charge in [0.25, 0.3) is 0 Å². The molecule has 0 aliphatic carbocycles. The third-order valence-corrected chi connectivity index (χ3v) is 2.25. The molecular weight excluding hydrogens is 200 g/mol. The second-order valence-corrected chi connectivity index (χ2v) is 3.42. The van der Waals surface area contributed by atoms with E-state index in [2.05, 4.69) is 25.3 Å². The van der Waals surface area contributed by atoms with Crippen LogP contribution in [0.25, 0.3) is 0 Å². The summed E-state index contributed by atoms with van der Waals surface area (Å²) >= 11 is 0. The van der Waals surface area contributed by atoms with Crippen LogP contribution in [0.1, 0.15) is 12.2 Å². The minimum Gasteiger partial charge on any atom is -0.392 e. The van der Waals surface area contributed by atoms with Crippen molar-refractivity contribution in [2.24, 2.45) is 0 Å². The smallest absolute Gasteiger partial charge is 0.237 e. The lowest BCUT2D eigenvalue weighted by atomic mass is 10.2. The van der Waals surface area contributed by atoms with Crippen molar-refractivity contribution in [3.8, 4) is 0 Å². The van der Waals surface area contributed by atoms with Crippen LogP contribution >= 0.6 is 0 Å². The molecule has 7 heteroatoms. The molecule has 2 unspecified atom stereocenters. The number of aliphatic hydroxyl groups excluding tert-OH is 1. The molecule has 0 radical (unpaired) electrons. The molecule has 1 amide bonds. The summed E-state index contributed by atoms with van der Waals surface area (Å²) in [7, 11) is 0. The summed E-state index contributed by atoms with van der Waals surface area (Å²) in [5.74, 6) is 0.276. The number of aliphatic hydroxyl groups is 1. The van der Waals surface area contributed by atoms with Crippen molar-refractivity contribution in [3.05, 3.63) is 12.2 Å². The van der Waals surface area contributed by atoms with Crippen LogP contribution in [-0.2, 0) is 11.3 Å². The maximum absolute atomic E-state index is 11.5. The first-order valence-corrected chi connectivity index (χ1v) is 4.70. The van der Waals surface area contributed by atoms with Crippen LogP contribution < -0.4 is 10.6 Å². The highest BCUT2D eigenvalue weighted by atomic mass is 16.5. The van der Waals surface area contributed by atoms with Gasteiger partial charge in [0.15, 0.2) is 5.82 Å². The fourth-order valence-electron chi connectivity index (χ4n) is 1.48. The second-order valence-electron chi connectivity index (χ2n) is 3.42. The molecule has 2 atom stereocenters. The van der Waals surface area contributed by atoms with Gasteiger partial charge in [-0.05, 0) is 6.42 Å². The van der Waals surface area contributed by atoms with Gasteiger partial charge in [-0.2, -0.15) is 4.98 Å². The first kappa shape index (κ1) is 10.1. The minimum atomic E-state index is -0.439. The zero-order chi connectivity index (χ0) is 10.7. The molecule has 1 aliphatic rings. The van der Waals surface area contributed by atoms with Crippen LogP contribution in [0, 0.1) is 0 Å². The van der Waals surface area contributed by atoms with Crippen molar-refractivity contribution in [1.82, 2.24) is 20.8 Å². The van der Waals surface area contributed by atoms with Crippen molar-refractivity contribution < 1.29 is 14.4 Å². The minimum absolute atomic E-state index is 0.156. The van der Waals surface area contributed by atoms with Gasteiger partial charge in [-0.1, -0.05) is 5.16 Å². The Morgan fingerprint density at radius 2 is 2.67 bits per heavy atom. The monoisotopic (exact) mass is 212 g/mol. The van der Waals surface area contributed by atoms with Gasteiger partial charge in [-0.15, -0.1) is 0 Å². The zero-order valence-electron chi connectivity index (χ0n) is 8.01. The third kappa shape index (κ3) is 2.51. The Labute approximate surface area is 85.9 Å². The summed E-state index contributed by atoms with van der Waals surface area (Å²) in [5, 5.41) is 18.3. The van der Waals surface area contributed by atoms with Crippen molar-refractivity contribution >= 4 is 5.91 Å². The lowest BCUT2D eigenvalue weighted by Gasteiger charge is -2.08. The Morgan fingerprint density at radius 3 is 3.27 bits per heavy atom. The molecule has 1 saturated heterocycles. The summed E-state index contributed by atoms with van der Waals surface area (Å²) in [4.78, 5) is 15.3. The summed E-state index contributed by atoms with van der Waals surface area (Å²) < 4.78 is 4.52. The van der Waals surface area contributed by atoms with E-state index in [1.54, 1.807) is 0 Å². The number of carbonyl (C=O) groups is 1. The quantitative estimate of drug-likeness (QED) is 0.558. The summed E-state index contributed by atoms with van der Waals surface area (Å²) in [6, 6.07) is -0.327. The van der Waals surface area contributed by atoms with E-state index < -0.39 is 6.10 Å². The lowest BCUT2D eigenvalue weighted by molar-refractivity contribution is -0.123. The highest BCUT2D eigenvalue weighted by Crippen LogP contribution is 2.06. The van der Waals surface area contributed by atoms with Gasteiger partial charge in [-0.25, -0.2) is 0 Å². The molecular formula is C8H12N4O3. The molecule has 3 N–H and O–H groups in total. The number of rotatable bonds is 3. The predicted octanol–water partition coefficient (Wildman–Crippen LogP) is -1.59. The Kier molecular flexibility index (Phi) is 2.93. The highest BCUT2D eigenvalue weighted by Gasteiger charge is 2.27. The van der Waals surface area contributed by atoms with Gasteiger partial charge in [-0.3, -0.25) is 4.79 Å². The van der Waals surface area contributed by atoms with E-state index in [-0.39, 0.29) is 18.5 Å². The molecule has 0 spiro atoms. The summed E-state index contributed by atoms with van der Waals surface area (Å²) in [6.07, 6.45) is 1.21. The molecule has 1 aliphatic heterocycles. The van der Waals surface area contributed by atoms with Crippen LogP contribution in [0.3, 0.4) is 0 Å². The molecule has 1 aromatic rings. The maximum Gasteiger partial charge on any atom is 0.237 e. The molecule has 1 fully saturated rings. The van der Waals surface area contributed by atoms with E-state index in [9.17, 15) is 9.90 Å². The van der Waals surface area contributed by atoms with Gasteiger partial charge in [0.2, 0.25) is 12.3 Å². The summed E-state index contributed by atoms with van der Waals surface area (Å²) in [6.45, 7) is 0.698. The molecule has 0 bridgehead atoms. The third-order valence-electron chi connectivity index (χ3n) is 2.25. The van der Waals surface area contributed by atoms with Crippen LogP contribution in [0.4, 0.5) is 0 Å². The number of carbonyl (C=O) groups excluding carboxylic acids is 1. The van der Waals surface area contributed by atoms with Crippen LogP contribution in [0.5, 0.6) is 0 Å². The molecule has 2 heterocycles. The Balaban J connectivity index is 1.78. The van der Waals surface area contributed by atoms with Crippen molar-refractivity contribution in [2.75, 3.05) is 6.54 Å². The summed E-state index contributed by atoms with van der Waals surface area (Å²) in [5.41, 5.74) is 0. The topological polar surface area (TPSA) is 100 Å². The van der Waals surface area contributed by atoms with Gasteiger partial charge < -0.3 is 20.3 Å². The van der Waals surface area contributed by atoms with Crippen molar-refractivity contribution in [2.45, 2.75) is 25.1 Å². The fourth-order valence-corrected chi connectivity index (χ4v) is 1.48. The SMILES string of the molecule is O=C(NCc1ncon1)C1CC(O)CN1. The average molecular weight is 212 g/mol. The number of hydrogen-bond acceptors (Lipinski definition) is 6. The number of nitrogens with zero attached hydrogens (tertiary/aromatic N) is 2. The average Bonchev–Trinajstić information content (AvgIpc) is 2.84. The number of hydrogen-bond donors (Lipinski definition) is 3. The van der Waals surface area contributed by atoms with Gasteiger partial charge in [0, 0.05) is 6.54 Å². The molecule has 1 aromatic heterocycles. The van der Waals surface area contributed by atoms with E-state index >= 15 is 0 Å². The molecule has 15 heavy (non-hydrogen) atoms. The normalized spacial score (nSPS) is 25.4. The fraction of sp³-hybridized carbons (Fsp3) is 0.625. The molecule has 7 nitrogen and oxygen atoms in total. The molecule has 82 valence electrons. The molecule has 0 saturated carbocycles. The first-order valence-electron chi connectivity index (χ1n) is 4.70. The predicted molar refractivity (Wildman–Crippen MR) is 48.6 cm³/mol. The second kappa shape index (κ2) is 4.37. The highest BCUT2D eigenvalue weighted by molar-refractivity contribution is 5.82. The van der Waals surface area contributed by atoms with Crippen molar-refractivity contribution in [3.63, 3.8) is 0 Å². The first-order chi connectivity index (χ1) is 7.25. The van der Waals surface area contributed by atoms with E-state index in [4.69, 9.17) is 0 Å². The standard InChI is InChI=1S/C8H12N4O3/c13-5-1-6(9-2-5)8(14)10-3-7-11-4-15-12-7/h4-6,9,13H,1-3H2,(H,10,14). The van der Waals surface area contributed by atoms with Gasteiger partial charge in [0.05, 0.1) is 18.7 Å². The van der Waals surface area contributed by atoms with Gasteiger partial charge in [0.1, 0.15) is 0 Å². The number of β-amino-alcohol motifs (C(OH)–C–C–N with tert-alkyl or cyclic N) is 1. The maximum atomic E-state index is 11.5. The van der Waals surface area contributed by atoms with E-state index in [1.807, 2.05) is 0 Å². The van der Waals surface area contributed by atoms with Crippen LogP contribution in [0.15, 0.2) is 10.9 Å². The van der Waals surface area contributed by atoms with E-state index in [0.29, 0.717) is 18.8 Å². The van der Waals surface area contributed by atoms with E-state index in [0.717, 1.165) is 0 Å². The van der Waals surface area contributed by atoms with Crippen LogP contribution in [-0.4, -0.2) is 39.8 Å². The van der Waals surface area contributed by atoms with Crippen LogP contribution in [0.2, 0.25) is 0 Å².